The summed E-state index contributed by atoms with van der Waals surface area (Å²) < 4.78 is 39.5. The number of hydrogen-bond acceptors (Lipinski definition) is 7. The molecule has 0 spiro atoms. The van der Waals surface area contributed by atoms with Crippen molar-refractivity contribution in [3.63, 3.8) is 0 Å². The molecular weight excluding hydrogens is 398 g/mol. The summed E-state index contributed by atoms with van der Waals surface area (Å²) in [5, 5.41) is 0. The minimum Gasteiger partial charge on any atom is -0.490 e. The highest BCUT2D eigenvalue weighted by Crippen LogP contribution is 2.30. The zero-order valence-electron chi connectivity index (χ0n) is 16.3. The van der Waals surface area contributed by atoms with Crippen molar-refractivity contribution in [2.45, 2.75) is 25.8 Å². The summed E-state index contributed by atoms with van der Waals surface area (Å²) in [5.41, 5.74) is 0.740. The van der Waals surface area contributed by atoms with Gasteiger partial charge in [0, 0.05) is 25.1 Å². The Kier molecular flexibility index (Phi) is 6.79. The highest BCUT2D eigenvalue weighted by Gasteiger charge is 2.34. The minimum absolute atomic E-state index is 0.0372. The molecule has 29 heavy (non-hydrogen) atoms. The fourth-order valence-corrected chi connectivity index (χ4v) is 5.10. The lowest BCUT2D eigenvalue weighted by molar-refractivity contribution is -0.149. The van der Waals surface area contributed by atoms with Gasteiger partial charge in [-0.2, -0.15) is 0 Å². The van der Waals surface area contributed by atoms with Crippen molar-refractivity contribution < 1.29 is 32.2 Å². The Morgan fingerprint density at radius 2 is 2.00 bits per heavy atom. The van der Waals surface area contributed by atoms with E-state index in [0.717, 1.165) is 12.0 Å². The van der Waals surface area contributed by atoms with Crippen molar-refractivity contribution in [2.24, 2.45) is 0 Å². The molecule has 0 N–H and O–H groups in total. The number of benzene rings is 1. The van der Waals surface area contributed by atoms with E-state index >= 15 is 0 Å². The Balaban J connectivity index is 1.52. The summed E-state index contributed by atoms with van der Waals surface area (Å²) in [6.07, 6.45) is 4.03. The molecule has 1 atom stereocenters. The molecule has 3 rings (SSSR count). The van der Waals surface area contributed by atoms with Crippen LogP contribution in [0.15, 0.2) is 24.3 Å². The number of nitrogens with zero attached hydrogens (tertiary/aromatic N) is 1. The van der Waals surface area contributed by atoms with Crippen molar-refractivity contribution in [1.29, 1.82) is 0 Å². The van der Waals surface area contributed by atoms with Crippen molar-refractivity contribution >= 4 is 27.8 Å². The number of sulfone groups is 1. The number of carbonyl (C=O) groups excluding carboxylic acids is 2. The van der Waals surface area contributed by atoms with Gasteiger partial charge in [-0.05, 0) is 37.1 Å². The summed E-state index contributed by atoms with van der Waals surface area (Å²) in [5.74, 6) is 0.288. The van der Waals surface area contributed by atoms with E-state index in [2.05, 4.69) is 0 Å². The van der Waals surface area contributed by atoms with Gasteiger partial charge in [0.15, 0.2) is 27.9 Å². The topological polar surface area (TPSA) is 99.2 Å². The van der Waals surface area contributed by atoms with E-state index in [0.29, 0.717) is 37.7 Å². The molecule has 1 aromatic carbocycles. The highest BCUT2D eigenvalue weighted by atomic mass is 32.2. The SMILES string of the molecule is CCN(C(=O)COC(=O)/C=C/c1ccc2c(c1)OCCCO2)[C@H]1CCS(=O)(=O)C1. The van der Waals surface area contributed by atoms with E-state index < -0.39 is 28.3 Å². The van der Waals surface area contributed by atoms with Gasteiger partial charge in [0.2, 0.25) is 0 Å². The average Bonchev–Trinajstić information content (AvgIpc) is 2.90. The molecule has 0 radical (unpaired) electrons. The summed E-state index contributed by atoms with van der Waals surface area (Å²) in [6.45, 7) is 2.89. The van der Waals surface area contributed by atoms with E-state index in [1.807, 2.05) is 0 Å². The van der Waals surface area contributed by atoms with E-state index in [4.69, 9.17) is 14.2 Å². The maximum absolute atomic E-state index is 12.3. The third kappa shape index (κ3) is 5.72. The molecular formula is C20H25NO7S. The Bertz CT molecular complexity index is 894. The Labute approximate surface area is 170 Å². The Morgan fingerprint density at radius 1 is 1.24 bits per heavy atom. The van der Waals surface area contributed by atoms with Crippen LogP contribution in [0.25, 0.3) is 6.08 Å². The molecule has 0 aliphatic carbocycles. The van der Waals surface area contributed by atoms with Crippen LogP contribution < -0.4 is 9.47 Å². The van der Waals surface area contributed by atoms with Crippen LogP contribution in [0.1, 0.15) is 25.3 Å². The van der Waals surface area contributed by atoms with Crippen molar-refractivity contribution in [3.05, 3.63) is 29.8 Å². The molecule has 0 unspecified atom stereocenters. The van der Waals surface area contributed by atoms with Gasteiger partial charge < -0.3 is 19.1 Å². The van der Waals surface area contributed by atoms with Crippen LogP contribution in [0.2, 0.25) is 0 Å². The number of likely N-dealkylation sites (N-methyl/N-ethyl adjacent to an activating group) is 1. The number of esters is 1. The summed E-state index contributed by atoms with van der Waals surface area (Å²) in [6, 6.07) is 4.99. The first kappa shape index (κ1) is 21.2. The van der Waals surface area contributed by atoms with Crippen LogP contribution in [-0.2, 0) is 24.2 Å². The van der Waals surface area contributed by atoms with Crippen LogP contribution in [-0.4, -0.2) is 69.1 Å². The second-order valence-electron chi connectivity index (χ2n) is 6.93. The van der Waals surface area contributed by atoms with Crippen LogP contribution in [0.5, 0.6) is 11.5 Å². The zero-order chi connectivity index (χ0) is 20.9. The van der Waals surface area contributed by atoms with Gasteiger partial charge >= 0.3 is 5.97 Å². The predicted molar refractivity (Wildman–Crippen MR) is 106 cm³/mol. The lowest BCUT2D eigenvalue weighted by Gasteiger charge is -2.26. The fraction of sp³-hybridized carbons (Fsp3) is 0.500. The third-order valence-electron chi connectivity index (χ3n) is 4.83. The van der Waals surface area contributed by atoms with Gasteiger partial charge in [-0.1, -0.05) is 6.07 Å². The molecule has 1 saturated heterocycles. The van der Waals surface area contributed by atoms with E-state index in [9.17, 15) is 18.0 Å². The molecule has 158 valence electrons. The van der Waals surface area contributed by atoms with E-state index in [1.54, 1.807) is 31.2 Å². The van der Waals surface area contributed by atoms with Gasteiger partial charge in [-0.25, -0.2) is 13.2 Å². The zero-order valence-corrected chi connectivity index (χ0v) is 17.2. The van der Waals surface area contributed by atoms with Gasteiger partial charge in [-0.3, -0.25) is 4.79 Å². The molecule has 9 heteroatoms. The van der Waals surface area contributed by atoms with Crippen LogP contribution in [0, 0.1) is 0 Å². The van der Waals surface area contributed by atoms with Crippen LogP contribution in [0.4, 0.5) is 0 Å². The van der Waals surface area contributed by atoms with Gasteiger partial charge in [0.1, 0.15) is 0 Å². The monoisotopic (exact) mass is 423 g/mol. The first-order valence-electron chi connectivity index (χ1n) is 9.62. The first-order chi connectivity index (χ1) is 13.9. The smallest absolute Gasteiger partial charge is 0.331 e. The van der Waals surface area contributed by atoms with Gasteiger partial charge in [0.05, 0.1) is 24.7 Å². The summed E-state index contributed by atoms with van der Waals surface area (Å²) >= 11 is 0. The standard InChI is InChI=1S/C20H25NO7S/c1-2-21(16-8-11-29(24,25)14-16)19(22)13-28-20(23)7-5-15-4-6-17-18(12-15)27-10-3-9-26-17/h4-7,12,16H,2-3,8-11,13-14H2,1H3/b7-5+/t16-/m0/s1. The maximum atomic E-state index is 12.3. The highest BCUT2D eigenvalue weighted by molar-refractivity contribution is 7.91. The number of amides is 1. The molecule has 8 nitrogen and oxygen atoms in total. The fourth-order valence-electron chi connectivity index (χ4n) is 3.37. The summed E-state index contributed by atoms with van der Waals surface area (Å²) in [7, 11) is -3.10. The number of hydrogen-bond donors (Lipinski definition) is 0. The minimum atomic E-state index is -3.10. The third-order valence-corrected chi connectivity index (χ3v) is 6.58. The van der Waals surface area contributed by atoms with Crippen molar-refractivity contribution in [2.75, 3.05) is 37.9 Å². The normalized spacial score (nSPS) is 20.2. The van der Waals surface area contributed by atoms with Crippen molar-refractivity contribution in [1.82, 2.24) is 4.90 Å². The molecule has 1 amide bonds. The first-order valence-corrected chi connectivity index (χ1v) is 11.4. The molecule has 1 aromatic rings. The summed E-state index contributed by atoms with van der Waals surface area (Å²) in [4.78, 5) is 25.8. The molecule has 0 aromatic heterocycles. The number of carbonyl (C=O) groups is 2. The van der Waals surface area contributed by atoms with E-state index in [1.165, 1.54) is 11.0 Å². The van der Waals surface area contributed by atoms with Crippen molar-refractivity contribution in [3.8, 4) is 11.5 Å². The molecule has 2 aliphatic heterocycles. The van der Waals surface area contributed by atoms with Gasteiger partial charge in [-0.15, -0.1) is 0 Å². The quantitative estimate of drug-likeness (QED) is 0.504. The molecule has 2 aliphatic rings. The van der Waals surface area contributed by atoms with Gasteiger partial charge in [0.25, 0.3) is 5.91 Å². The lowest BCUT2D eigenvalue weighted by Crippen LogP contribution is -2.43. The molecule has 0 saturated carbocycles. The number of rotatable bonds is 6. The predicted octanol–water partition coefficient (Wildman–Crippen LogP) is 1.44. The number of ether oxygens (including phenoxy) is 3. The lowest BCUT2D eigenvalue weighted by atomic mass is 10.2. The second-order valence-corrected chi connectivity index (χ2v) is 9.16. The molecule has 2 heterocycles. The number of fused-ring (bicyclic) bond motifs is 1. The van der Waals surface area contributed by atoms with E-state index in [-0.39, 0.29) is 17.5 Å². The molecule has 0 bridgehead atoms. The average molecular weight is 423 g/mol. The van der Waals surface area contributed by atoms with Crippen LogP contribution in [0.3, 0.4) is 0 Å². The Morgan fingerprint density at radius 3 is 2.69 bits per heavy atom. The molecule has 1 fully saturated rings. The largest absolute Gasteiger partial charge is 0.490 e. The Hall–Kier alpha value is -2.55. The maximum Gasteiger partial charge on any atom is 0.331 e. The van der Waals surface area contributed by atoms with Crippen LogP contribution >= 0.6 is 0 Å². The second kappa shape index (κ2) is 9.30.